The van der Waals surface area contributed by atoms with Crippen LogP contribution in [0.2, 0.25) is 25.7 Å². The zero-order valence-corrected chi connectivity index (χ0v) is 16.2. The molecule has 3 heteroatoms. The number of aromatic nitrogens is 1. The predicted octanol–water partition coefficient (Wildman–Crippen LogP) is 5.93. The Bertz CT molecular complexity index is 829. The van der Waals surface area contributed by atoms with Crippen LogP contribution in [0.25, 0.3) is 22.2 Å². The van der Waals surface area contributed by atoms with Crippen LogP contribution in [0.5, 0.6) is 0 Å². The van der Waals surface area contributed by atoms with Gasteiger partial charge in [0.05, 0.1) is 11.2 Å². The van der Waals surface area contributed by atoms with Crippen molar-refractivity contribution in [1.82, 2.24) is 4.57 Å². The quantitative estimate of drug-likeness (QED) is 0.402. The number of hydrogen-bond donors (Lipinski definition) is 0. The molecule has 126 valence electrons. The molecule has 24 heavy (non-hydrogen) atoms. The topological polar surface area (TPSA) is 14.2 Å². The summed E-state index contributed by atoms with van der Waals surface area (Å²) in [5.41, 5.74) is 5.05. The molecule has 0 amide bonds. The van der Waals surface area contributed by atoms with Crippen LogP contribution in [-0.4, -0.2) is 19.2 Å². The number of hydrogen-bond acceptors (Lipinski definition) is 1. The average Bonchev–Trinajstić information content (AvgIpc) is 2.90. The Kier molecular flexibility index (Phi) is 4.92. The second kappa shape index (κ2) is 6.95. The molecule has 0 radical (unpaired) electrons. The summed E-state index contributed by atoms with van der Waals surface area (Å²) in [6.45, 7) is 10.8. The summed E-state index contributed by atoms with van der Waals surface area (Å²) in [6.07, 6.45) is 0. The average molecular weight is 338 g/mol. The number of fused-ring (bicyclic) bond motifs is 1. The fourth-order valence-corrected chi connectivity index (χ4v) is 3.72. The van der Waals surface area contributed by atoms with Crippen LogP contribution in [0.4, 0.5) is 0 Å². The lowest BCUT2D eigenvalue weighted by molar-refractivity contribution is 0.0913. The minimum Gasteiger partial charge on any atom is -0.361 e. The third kappa shape index (κ3) is 3.79. The highest BCUT2D eigenvalue weighted by molar-refractivity contribution is 6.76. The smallest absolute Gasteiger partial charge is 0.123 e. The first-order valence-corrected chi connectivity index (χ1v) is 12.4. The fourth-order valence-electron chi connectivity index (χ4n) is 2.97. The zero-order valence-electron chi connectivity index (χ0n) is 15.2. The SMILES string of the molecule is Cc1ccccc1-c1cc2ccccc2n1COCC[Si](C)(C)C. The molecule has 0 unspecified atom stereocenters. The van der Waals surface area contributed by atoms with Gasteiger partial charge in [0.15, 0.2) is 0 Å². The second-order valence-electron chi connectivity index (χ2n) is 7.68. The van der Waals surface area contributed by atoms with E-state index in [-0.39, 0.29) is 0 Å². The highest BCUT2D eigenvalue weighted by Gasteiger charge is 2.14. The number of ether oxygens (including phenoxy) is 1. The van der Waals surface area contributed by atoms with Crippen molar-refractivity contribution >= 4 is 19.0 Å². The maximum Gasteiger partial charge on any atom is 0.123 e. The molecule has 0 saturated heterocycles. The molecule has 0 aliphatic carbocycles. The van der Waals surface area contributed by atoms with Gasteiger partial charge >= 0.3 is 0 Å². The number of aryl methyl sites for hydroxylation is 1. The van der Waals surface area contributed by atoms with Crippen LogP contribution in [0.3, 0.4) is 0 Å². The Hall–Kier alpha value is -1.84. The highest BCUT2D eigenvalue weighted by Crippen LogP contribution is 2.30. The molecule has 0 aliphatic heterocycles. The van der Waals surface area contributed by atoms with Gasteiger partial charge in [0.2, 0.25) is 0 Å². The van der Waals surface area contributed by atoms with Crippen LogP contribution >= 0.6 is 0 Å². The predicted molar refractivity (Wildman–Crippen MR) is 106 cm³/mol. The van der Waals surface area contributed by atoms with Crippen molar-refractivity contribution < 1.29 is 4.74 Å². The molecule has 3 aromatic rings. The molecule has 0 N–H and O–H groups in total. The summed E-state index contributed by atoms with van der Waals surface area (Å²) in [6, 6.07) is 20.6. The molecular weight excluding hydrogens is 310 g/mol. The normalized spacial score (nSPS) is 12.0. The monoisotopic (exact) mass is 337 g/mol. The summed E-state index contributed by atoms with van der Waals surface area (Å²) in [7, 11) is -1.05. The van der Waals surface area contributed by atoms with Gasteiger partial charge in [0.25, 0.3) is 0 Å². The number of benzene rings is 2. The molecule has 2 aromatic carbocycles. The van der Waals surface area contributed by atoms with E-state index in [4.69, 9.17) is 4.74 Å². The molecule has 1 heterocycles. The van der Waals surface area contributed by atoms with Crippen LogP contribution in [-0.2, 0) is 11.5 Å². The number of para-hydroxylation sites is 1. The van der Waals surface area contributed by atoms with Crippen molar-refractivity contribution in [1.29, 1.82) is 0 Å². The first-order valence-electron chi connectivity index (χ1n) is 8.68. The van der Waals surface area contributed by atoms with Crippen LogP contribution in [0, 0.1) is 6.92 Å². The third-order valence-corrected chi connectivity index (χ3v) is 6.15. The Labute approximate surface area is 146 Å². The molecule has 0 saturated carbocycles. The molecule has 2 nitrogen and oxygen atoms in total. The lowest BCUT2D eigenvalue weighted by Crippen LogP contribution is -2.22. The van der Waals surface area contributed by atoms with Gasteiger partial charge in [-0.2, -0.15) is 0 Å². The molecule has 0 aliphatic rings. The minimum absolute atomic E-state index is 0.613. The Morgan fingerprint density at radius 1 is 0.958 bits per heavy atom. The van der Waals surface area contributed by atoms with E-state index in [0.717, 1.165) is 6.61 Å². The van der Waals surface area contributed by atoms with Gasteiger partial charge in [0.1, 0.15) is 6.73 Å². The van der Waals surface area contributed by atoms with E-state index >= 15 is 0 Å². The van der Waals surface area contributed by atoms with E-state index < -0.39 is 8.07 Å². The van der Waals surface area contributed by atoms with E-state index in [2.05, 4.69) is 85.7 Å². The van der Waals surface area contributed by atoms with Gasteiger partial charge < -0.3 is 9.30 Å². The zero-order chi connectivity index (χ0) is 17.2. The summed E-state index contributed by atoms with van der Waals surface area (Å²) in [5, 5.41) is 1.27. The summed E-state index contributed by atoms with van der Waals surface area (Å²) in [4.78, 5) is 0. The maximum absolute atomic E-state index is 6.06. The summed E-state index contributed by atoms with van der Waals surface area (Å²) >= 11 is 0. The van der Waals surface area contributed by atoms with Crippen molar-refractivity contribution in [3.8, 4) is 11.3 Å². The highest BCUT2D eigenvalue weighted by atomic mass is 28.3. The van der Waals surface area contributed by atoms with Gasteiger partial charge in [0, 0.05) is 25.6 Å². The van der Waals surface area contributed by atoms with Gasteiger partial charge in [-0.3, -0.25) is 0 Å². The first kappa shape index (κ1) is 17.0. The Morgan fingerprint density at radius 3 is 2.42 bits per heavy atom. The van der Waals surface area contributed by atoms with Crippen molar-refractivity contribution in [3.05, 3.63) is 60.2 Å². The maximum atomic E-state index is 6.06. The van der Waals surface area contributed by atoms with Gasteiger partial charge in [-0.15, -0.1) is 0 Å². The summed E-state index contributed by atoms with van der Waals surface area (Å²) < 4.78 is 8.37. The molecular formula is C21H27NOSi. The molecule has 0 bridgehead atoms. The van der Waals surface area contributed by atoms with E-state index in [0.29, 0.717) is 6.73 Å². The lowest BCUT2D eigenvalue weighted by atomic mass is 10.1. The van der Waals surface area contributed by atoms with Crippen molar-refractivity contribution in [3.63, 3.8) is 0 Å². The molecule has 0 atom stereocenters. The molecule has 0 fully saturated rings. The molecule has 3 rings (SSSR count). The van der Waals surface area contributed by atoms with Crippen molar-refractivity contribution in [2.45, 2.75) is 39.3 Å². The second-order valence-corrected chi connectivity index (χ2v) is 13.3. The largest absolute Gasteiger partial charge is 0.361 e. The van der Waals surface area contributed by atoms with Crippen LogP contribution < -0.4 is 0 Å². The standard InChI is InChI=1S/C21H27NOSi/c1-17-9-5-7-11-19(17)21-15-18-10-6-8-12-20(18)22(21)16-23-13-14-24(2,3)4/h5-12,15H,13-14,16H2,1-4H3. The van der Waals surface area contributed by atoms with Crippen LogP contribution in [0.1, 0.15) is 5.56 Å². The molecule has 1 aromatic heterocycles. The van der Waals surface area contributed by atoms with E-state index in [9.17, 15) is 0 Å². The van der Waals surface area contributed by atoms with E-state index in [1.54, 1.807) is 0 Å². The van der Waals surface area contributed by atoms with E-state index in [1.807, 2.05) is 0 Å². The van der Waals surface area contributed by atoms with Gasteiger partial charge in [-0.1, -0.05) is 62.1 Å². The Morgan fingerprint density at radius 2 is 1.67 bits per heavy atom. The minimum atomic E-state index is -1.05. The Balaban J connectivity index is 1.93. The summed E-state index contributed by atoms with van der Waals surface area (Å²) in [5.74, 6) is 0. The lowest BCUT2D eigenvalue weighted by Gasteiger charge is -2.17. The molecule has 0 spiro atoms. The van der Waals surface area contributed by atoms with Gasteiger partial charge in [-0.25, -0.2) is 0 Å². The number of nitrogens with zero attached hydrogens (tertiary/aromatic N) is 1. The first-order chi connectivity index (χ1) is 11.5. The third-order valence-electron chi connectivity index (χ3n) is 4.45. The van der Waals surface area contributed by atoms with Crippen molar-refractivity contribution in [2.24, 2.45) is 0 Å². The van der Waals surface area contributed by atoms with E-state index in [1.165, 1.54) is 33.8 Å². The van der Waals surface area contributed by atoms with Crippen LogP contribution in [0.15, 0.2) is 54.6 Å². The number of rotatable bonds is 6. The van der Waals surface area contributed by atoms with Crippen molar-refractivity contribution in [2.75, 3.05) is 6.61 Å². The fraction of sp³-hybridized carbons (Fsp3) is 0.333. The van der Waals surface area contributed by atoms with Gasteiger partial charge in [-0.05, 0) is 30.7 Å².